The Hall–Kier alpha value is -0.981. The standard InChI is InChI=1S/C24H28N.Ir/c1-23(2)14-24(3,4)21-11-17(9-10-20(21)23)22-12-18-15-5-7-16(8-6-15)19(18)13-25-22;/h10-13,15-16H,5-8,14H2,1-4H3;/q-1;. The van der Waals surface area contributed by atoms with Crippen LogP contribution < -0.4 is 0 Å². The van der Waals surface area contributed by atoms with Gasteiger partial charge < -0.3 is 4.98 Å². The molecule has 1 saturated carbocycles. The minimum Gasteiger partial charge on any atom is -0.304 e. The molecule has 26 heavy (non-hydrogen) atoms. The van der Waals surface area contributed by atoms with Crippen LogP contribution in [-0.4, -0.2) is 4.98 Å². The summed E-state index contributed by atoms with van der Waals surface area (Å²) in [5.41, 5.74) is 8.86. The summed E-state index contributed by atoms with van der Waals surface area (Å²) in [4.78, 5) is 4.86. The third-order valence-electron chi connectivity index (χ3n) is 7.14. The number of hydrogen-bond donors (Lipinski definition) is 0. The fraction of sp³-hybridized carbons (Fsp3) is 0.542. The largest absolute Gasteiger partial charge is 0.304 e. The maximum absolute atomic E-state index is 4.86. The molecule has 139 valence electrons. The Kier molecular flexibility index (Phi) is 4.25. The van der Waals surface area contributed by atoms with Crippen molar-refractivity contribution >= 4 is 0 Å². The van der Waals surface area contributed by atoms with Gasteiger partial charge in [0.25, 0.3) is 0 Å². The summed E-state index contributed by atoms with van der Waals surface area (Å²) in [6.07, 6.45) is 8.86. The van der Waals surface area contributed by atoms with Gasteiger partial charge in [0, 0.05) is 26.3 Å². The molecule has 0 saturated heterocycles. The van der Waals surface area contributed by atoms with Crippen molar-refractivity contribution < 1.29 is 20.1 Å². The van der Waals surface area contributed by atoms with Gasteiger partial charge in [-0.2, -0.15) is 0 Å². The van der Waals surface area contributed by atoms with Crippen LogP contribution in [0.4, 0.5) is 0 Å². The van der Waals surface area contributed by atoms with E-state index in [0.29, 0.717) is 0 Å². The smallest absolute Gasteiger partial charge is 0.0198 e. The van der Waals surface area contributed by atoms with Crippen LogP contribution in [0.15, 0.2) is 24.4 Å². The Balaban J connectivity index is 0.00000168. The molecule has 1 aromatic carbocycles. The van der Waals surface area contributed by atoms with Crippen molar-refractivity contribution in [1.29, 1.82) is 0 Å². The maximum atomic E-state index is 4.86. The molecular formula is C24H28IrN-. The van der Waals surface area contributed by atoms with E-state index in [1.807, 2.05) is 0 Å². The predicted octanol–water partition coefficient (Wildman–Crippen LogP) is 6.26. The van der Waals surface area contributed by atoms with Crippen molar-refractivity contribution in [1.82, 2.24) is 4.98 Å². The van der Waals surface area contributed by atoms with Crippen LogP contribution >= 0.6 is 0 Å². The van der Waals surface area contributed by atoms with E-state index >= 15 is 0 Å². The molecule has 0 unspecified atom stereocenters. The quantitative estimate of drug-likeness (QED) is 0.403. The Morgan fingerprint density at radius 1 is 0.885 bits per heavy atom. The van der Waals surface area contributed by atoms with Crippen molar-refractivity contribution in [2.24, 2.45) is 0 Å². The zero-order valence-corrected chi connectivity index (χ0v) is 18.7. The molecule has 4 aliphatic carbocycles. The van der Waals surface area contributed by atoms with Gasteiger partial charge in [-0.15, -0.1) is 34.9 Å². The second kappa shape index (κ2) is 6.01. The topological polar surface area (TPSA) is 12.9 Å². The summed E-state index contributed by atoms with van der Waals surface area (Å²) < 4.78 is 0. The van der Waals surface area contributed by atoms with E-state index in [-0.39, 0.29) is 30.9 Å². The van der Waals surface area contributed by atoms with Gasteiger partial charge in [-0.3, -0.25) is 0 Å². The number of pyridine rings is 1. The summed E-state index contributed by atoms with van der Waals surface area (Å²) in [5.74, 6) is 1.54. The first-order valence-electron chi connectivity index (χ1n) is 9.92. The van der Waals surface area contributed by atoms with Gasteiger partial charge in [0.1, 0.15) is 0 Å². The van der Waals surface area contributed by atoms with Crippen LogP contribution in [0.2, 0.25) is 0 Å². The van der Waals surface area contributed by atoms with E-state index < -0.39 is 0 Å². The number of nitrogens with zero attached hydrogens (tertiary/aromatic N) is 1. The van der Waals surface area contributed by atoms with Gasteiger partial charge in [0.05, 0.1) is 0 Å². The zero-order chi connectivity index (χ0) is 17.4. The molecule has 2 aromatic rings. The number of hydrogen-bond acceptors (Lipinski definition) is 1. The van der Waals surface area contributed by atoms with Crippen LogP contribution in [0.1, 0.15) is 93.9 Å². The van der Waals surface area contributed by atoms with Gasteiger partial charge in [-0.25, -0.2) is 0 Å². The molecule has 0 aliphatic heterocycles. The third-order valence-corrected chi connectivity index (χ3v) is 7.14. The minimum atomic E-state index is 0. The molecular weight excluding hydrogens is 494 g/mol. The molecule has 6 rings (SSSR count). The molecule has 1 fully saturated rings. The number of fused-ring (bicyclic) bond motifs is 3. The van der Waals surface area contributed by atoms with Crippen molar-refractivity contribution in [3.8, 4) is 11.3 Å². The van der Waals surface area contributed by atoms with E-state index in [0.717, 1.165) is 17.5 Å². The van der Waals surface area contributed by atoms with Crippen LogP contribution in [0.5, 0.6) is 0 Å². The molecule has 1 nitrogen and oxygen atoms in total. The molecule has 2 heteroatoms. The number of rotatable bonds is 1. The average Bonchev–Trinajstić information content (AvgIpc) is 2.80. The number of aromatic nitrogens is 1. The first-order chi connectivity index (χ1) is 11.9. The normalized spacial score (nSPS) is 26.8. The third kappa shape index (κ3) is 2.64. The fourth-order valence-electron chi connectivity index (χ4n) is 6.09. The summed E-state index contributed by atoms with van der Waals surface area (Å²) >= 11 is 0. The molecule has 0 spiro atoms. The van der Waals surface area contributed by atoms with Crippen molar-refractivity contribution in [2.45, 2.75) is 82.5 Å². The van der Waals surface area contributed by atoms with Gasteiger partial charge >= 0.3 is 0 Å². The predicted molar refractivity (Wildman–Crippen MR) is 103 cm³/mol. The summed E-state index contributed by atoms with van der Waals surface area (Å²) in [7, 11) is 0. The monoisotopic (exact) mass is 523 g/mol. The Morgan fingerprint density at radius 2 is 1.50 bits per heavy atom. The second-order valence-corrected chi connectivity index (χ2v) is 9.87. The molecule has 1 radical (unpaired) electrons. The molecule has 1 aromatic heterocycles. The first kappa shape index (κ1) is 18.4. The number of benzene rings is 1. The van der Waals surface area contributed by atoms with E-state index in [1.54, 1.807) is 5.56 Å². The fourth-order valence-corrected chi connectivity index (χ4v) is 6.09. The van der Waals surface area contributed by atoms with Gasteiger partial charge in [-0.05, 0) is 71.6 Å². The van der Waals surface area contributed by atoms with Crippen LogP contribution in [0.25, 0.3) is 11.3 Å². The van der Waals surface area contributed by atoms with Gasteiger partial charge in [0.2, 0.25) is 0 Å². The van der Waals surface area contributed by atoms with E-state index in [1.165, 1.54) is 54.4 Å². The van der Waals surface area contributed by atoms with Crippen LogP contribution in [0, 0.1) is 6.07 Å². The molecule has 2 bridgehead atoms. The van der Waals surface area contributed by atoms with E-state index in [9.17, 15) is 0 Å². The van der Waals surface area contributed by atoms with Gasteiger partial charge in [0.15, 0.2) is 0 Å². The van der Waals surface area contributed by atoms with Gasteiger partial charge in [-0.1, -0.05) is 33.8 Å². The van der Waals surface area contributed by atoms with Crippen molar-refractivity contribution in [2.75, 3.05) is 0 Å². The minimum absolute atomic E-state index is 0. The zero-order valence-electron chi connectivity index (χ0n) is 16.3. The Bertz CT molecular complexity index is 857. The summed E-state index contributed by atoms with van der Waals surface area (Å²) in [6, 6.07) is 10.6. The summed E-state index contributed by atoms with van der Waals surface area (Å²) in [5, 5.41) is 0. The second-order valence-electron chi connectivity index (χ2n) is 9.87. The van der Waals surface area contributed by atoms with Crippen molar-refractivity contribution in [3.05, 3.63) is 52.7 Å². The molecule has 0 amide bonds. The molecule has 0 N–H and O–H groups in total. The maximum Gasteiger partial charge on any atom is 0.0198 e. The van der Waals surface area contributed by atoms with E-state index in [2.05, 4.69) is 58.2 Å². The van der Waals surface area contributed by atoms with Crippen LogP contribution in [0.3, 0.4) is 0 Å². The SMILES string of the molecule is CC1(C)CC(C)(C)c2cc(-c3cc4c(cn3)C3CCC4CC3)[c-]cc21.[Ir]. The van der Waals surface area contributed by atoms with Crippen LogP contribution in [-0.2, 0) is 30.9 Å². The Labute approximate surface area is 171 Å². The Morgan fingerprint density at radius 3 is 2.19 bits per heavy atom. The molecule has 1 heterocycles. The summed E-state index contributed by atoms with van der Waals surface area (Å²) in [6.45, 7) is 9.48. The average molecular weight is 523 g/mol. The molecule has 0 atom stereocenters. The van der Waals surface area contributed by atoms with Crippen molar-refractivity contribution in [3.63, 3.8) is 0 Å². The molecule has 4 aliphatic rings. The van der Waals surface area contributed by atoms with E-state index in [4.69, 9.17) is 4.98 Å². The first-order valence-corrected chi connectivity index (χ1v) is 9.92.